The summed E-state index contributed by atoms with van der Waals surface area (Å²) in [7, 11) is 0. The van der Waals surface area contributed by atoms with Crippen LogP contribution in [0.25, 0.3) is 22.2 Å². The maximum Gasteiger partial charge on any atom is 0.123 e. The van der Waals surface area contributed by atoms with E-state index in [0.717, 1.165) is 27.9 Å². The standard InChI is InChI=1S/C16H15FN2.ClH/c1-10-14-8-11(9-18)2-7-15(14)19-16(10)12-3-5-13(17)6-4-12;/h2-8,19H,9,18H2,1H3;1H. The average molecular weight is 291 g/mol. The molecule has 3 aromatic rings. The van der Waals surface area contributed by atoms with Crippen LogP contribution >= 0.6 is 12.4 Å². The Morgan fingerprint density at radius 3 is 2.45 bits per heavy atom. The fourth-order valence-electron chi connectivity index (χ4n) is 2.41. The lowest BCUT2D eigenvalue weighted by molar-refractivity contribution is 0.628. The monoisotopic (exact) mass is 290 g/mol. The number of benzene rings is 2. The van der Waals surface area contributed by atoms with Crippen molar-refractivity contribution in [3.05, 3.63) is 59.4 Å². The summed E-state index contributed by atoms with van der Waals surface area (Å²) < 4.78 is 13.0. The van der Waals surface area contributed by atoms with Gasteiger partial charge < -0.3 is 10.7 Å². The molecule has 0 spiro atoms. The topological polar surface area (TPSA) is 41.8 Å². The van der Waals surface area contributed by atoms with Gasteiger partial charge in [0.1, 0.15) is 5.82 Å². The maximum atomic E-state index is 13.0. The van der Waals surface area contributed by atoms with Crippen molar-refractivity contribution in [2.24, 2.45) is 5.73 Å². The highest BCUT2D eigenvalue weighted by Crippen LogP contribution is 2.30. The van der Waals surface area contributed by atoms with E-state index in [9.17, 15) is 4.39 Å². The molecule has 0 aliphatic carbocycles. The summed E-state index contributed by atoms with van der Waals surface area (Å²) in [5.74, 6) is -0.220. The third kappa shape index (κ3) is 2.42. The highest BCUT2D eigenvalue weighted by molar-refractivity contribution is 5.90. The van der Waals surface area contributed by atoms with E-state index in [1.165, 1.54) is 17.5 Å². The average Bonchev–Trinajstić information content (AvgIpc) is 2.76. The lowest BCUT2D eigenvalue weighted by atomic mass is 10.1. The molecule has 0 bridgehead atoms. The van der Waals surface area contributed by atoms with Gasteiger partial charge in [-0.3, -0.25) is 0 Å². The number of rotatable bonds is 2. The molecular formula is C16H16ClFN2. The van der Waals surface area contributed by atoms with Crippen LogP contribution in [0.1, 0.15) is 11.1 Å². The molecule has 2 aromatic carbocycles. The summed E-state index contributed by atoms with van der Waals surface area (Å²) >= 11 is 0. The lowest BCUT2D eigenvalue weighted by Crippen LogP contribution is -1.95. The van der Waals surface area contributed by atoms with Crippen LogP contribution in [-0.4, -0.2) is 4.98 Å². The molecule has 104 valence electrons. The first-order valence-electron chi connectivity index (χ1n) is 6.26. The molecule has 0 atom stereocenters. The van der Waals surface area contributed by atoms with Crippen molar-refractivity contribution in [3.63, 3.8) is 0 Å². The SMILES string of the molecule is Cc1c(-c2ccc(F)cc2)[nH]c2ccc(CN)cc12.Cl. The van der Waals surface area contributed by atoms with E-state index in [4.69, 9.17) is 5.73 Å². The number of hydrogen-bond acceptors (Lipinski definition) is 1. The Morgan fingerprint density at radius 2 is 1.80 bits per heavy atom. The van der Waals surface area contributed by atoms with Crippen molar-refractivity contribution >= 4 is 23.3 Å². The lowest BCUT2D eigenvalue weighted by Gasteiger charge is -2.00. The predicted octanol–water partition coefficient (Wildman–Crippen LogP) is 4.16. The van der Waals surface area contributed by atoms with Crippen molar-refractivity contribution in [1.29, 1.82) is 0 Å². The molecule has 3 N–H and O–H groups in total. The largest absolute Gasteiger partial charge is 0.354 e. The summed E-state index contributed by atoms with van der Waals surface area (Å²) in [4.78, 5) is 3.39. The van der Waals surface area contributed by atoms with Gasteiger partial charge >= 0.3 is 0 Å². The molecule has 0 fully saturated rings. The second-order valence-corrected chi connectivity index (χ2v) is 4.72. The molecule has 4 heteroatoms. The molecular weight excluding hydrogens is 275 g/mol. The second kappa shape index (κ2) is 5.65. The maximum absolute atomic E-state index is 13.0. The van der Waals surface area contributed by atoms with Gasteiger partial charge in [0.2, 0.25) is 0 Å². The molecule has 0 radical (unpaired) electrons. The minimum absolute atomic E-state index is 0. The normalized spacial score (nSPS) is 10.6. The number of aromatic amines is 1. The minimum atomic E-state index is -0.220. The van der Waals surface area contributed by atoms with Gasteiger partial charge in [-0.2, -0.15) is 0 Å². The zero-order valence-corrected chi connectivity index (χ0v) is 11.9. The highest BCUT2D eigenvalue weighted by Gasteiger charge is 2.09. The Balaban J connectivity index is 0.00000147. The van der Waals surface area contributed by atoms with E-state index >= 15 is 0 Å². The smallest absolute Gasteiger partial charge is 0.123 e. The van der Waals surface area contributed by atoms with Gasteiger partial charge in [-0.1, -0.05) is 6.07 Å². The molecule has 0 aliphatic rings. The van der Waals surface area contributed by atoms with Crippen LogP contribution in [0.4, 0.5) is 4.39 Å². The van der Waals surface area contributed by atoms with Crippen molar-refractivity contribution in [2.75, 3.05) is 0 Å². The molecule has 2 nitrogen and oxygen atoms in total. The molecule has 0 saturated heterocycles. The van der Waals surface area contributed by atoms with E-state index in [1.807, 2.05) is 12.1 Å². The Bertz CT molecular complexity index is 732. The quantitative estimate of drug-likeness (QED) is 0.731. The molecule has 0 amide bonds. The number of nitrogens with two attached hydrogens (primary N) is 1. The Morgan fingerprint density at radius 1 is 1.10 bits per heavy atom. The van der Waals surface area contributed by atoms with E-state index < -0.39 is 0 Å². The zero-order chi connectivity index (χ0) is 13.4. The summed E-state index contributed by atoms with van der Waals surface area (Å²) in [5, 5.41) is 1.17. The Kier molecular flexibility index (Phi) is 4.12. The van der Waals surface area contributed by atoms with Crippen LogP contribution in [0, 0.1) is 12.7 Å². The van der Waals surface area contributed by atoms with Crippen LogP contribution < -0.4 is 5.73 Å². The molecule has 1 heterocycles. The van der Waals surface area contributed by atoms with Gasteiger partial charge in [-0.15, -0.1) is 12.4 Å². The number of nitrogens with one attached hydrogen (secondary N) is 1. The fraction of sp³-hybridized carbons (Fsp3) is 0.125. The molecule has 20 heavy (non-hydrogen) atoms. The molecule has 0 saturated carbocycles. The molecule has 3 rings (SSSR count). The summed E-state index contributed by atoms with van der Waals surface area (Å²) in [6.07, 6.45) is 0. The van der Waals surface area contributed by atoms with Gasteiger partial charge in [0.05, 0.1) is 0 Å². The molecule has 0 aliphatic heterocycles. The Labute approximate surface area is 123 Å². The molecule has 0 unspecified atom stereocenters. The highest BCUT2D eigenvalue weighted by atomic mass is 35.5. The van der Waals surface area contributed by atoms with Crippen LogP contribution in [0.3, 0.4) is 0 Å². The van der Waals surface area contributed by atoms with Crippen molar-refractivity contribution in [2.45, 2.75) is 13.5 Å². The summed E-state index contributed by atoms with van der Waals surface area (Å²) in [5.41, 5.74) is 11.0. The Hall–Kier alpha value is -1.84. The van der Waals surface area contributed by atoms with Crippen molar-refractivity contribution in [3.8, 4) is 11.3 Å². The number of aryl methyl sites for hydroxylation is 1. The van der Waals surface area contributed by atoms with Crippen molar-refractivity contribution in [1.82, 2.24) is 4.98 Å². The van der Waals surface area contributed by atoms with E-state index in [2.05, 4.69) is 18.0 Å². The summed E-state index contributed by atoms with van der Waals surface area (Å²) in [6, 6.07) is 12.7. The van der Waals surface area contributed by atoms with Crippen LogP contribution in [-0.2, 0) is 6.54 Å². The van der Waals surface area contributed by atoms with Gasteiger partial charge in [0.15, 0.2) is 0 Å². The number of H-pyrrole nitrogens is 1. The first-order chi connectivity index (χ1) is 9.19. The fourth-order valence-corrected chi connectivity index (χ4v) is 2.41. The van der Waals surface area contributed by atoms with Crippen LogP contribution in [0.2, 0.25) is 0 Å². The van der Waals surface area contributed by atoms with E-state index in [-0.39, 0.29) is 18.2 Å². The third-order valence-electron chi connectivity index (χ3n) is 3.49. The second-order valence-electron chi connectivity index (χ2n) is 4.72. The number of halogens is 2. The van der Waals surface area contributed by atoms with E-state index in [1.54, 1.807) is 12.1 Å². The van der Waals surface area contributed by atoms with Crippen LogP contribution in [0.5, 0.6) is 0 Å². The number of fused-ring (bicyclic) bond motifs is 1. The van der Waals surface area contributed by atoms with Gasteiger partial charge in [-0.25, -0.2) is 4.39 Å². The first-order valence-corrected chi connectivity index (χ1v) is 6.26. The predicted molar refractivity (Wildman–Crippen MR) is 83.6 cm³/mol. The first kappa shape index (κ1) is 14.6. The van der Waals surface area contributed by atoms with Crippen molar-refractivity contribution < 1.29 is 4.39 Å². The van der Waals surface area contributed by atoms with Gasteiger partial charge in [-0.05, 0) is 60.0 Å². The zero-order valence-electron chi connectivity index (χ0n) is 11.1. The number of hydrogen-bond donors (Lipinski definition) is 2. The number of aromatic nitrogens is 1. The van der Waals surface area contributed by atoms with Gasteiger partial charge in [0, 0.05) is 23.1 Å². The van der Waals surface area contributed by atoms with Crippen LogP contribution in [0.15, 0.2) is 42.5 Å². The minimum Gasteiger partial charge on any atom is -0.354 e. The van der Waals surface area contributed by atoms with E-state index in [0.29, 0.717) is 6.54 Å². The molecule has 1 aromatic heterocycles. The third-order valence-corrected chi connectivity index (χ3v) is 3.49. The van der Waals surface area contributed by atoms with Gasteiger partial charge in [0.25, 0.3) is 0 Å². The summed E-state index contributed by atoms with van der Waals surface area (Å²) in [6.45, 7) is 2.60.